The zero-order valence-corrected chi connectivity index (χ0v) is 11.4. The predicted octanol–water partition coefficient (Wildman–Crippen LogP) is 3.19. The average Bonchev–Trinajstić information content (AvgIpc) is 2.61. The summed E-state index contributed by atoms with van der Waals surface area (Å²) in [7, 11) is 0. The van der Waals surface area contributed by atoms with Crippen LogP contribution in [0.25, 0.3) is 0 Å². The predicted molar refractivity (Wildman–Crippen MR) is 69.6 cm³/mol. The van der Waals surface area contributed by atoms with Crippen LogP contribution >= 0.6 is 11.5 Å². The van der Waals surface area contributed by atoms with Gasteiger partial charge in [0.1, 0.15) is 0 Å². The van der Waals surface area contributed by atoms with Crippen LogP contribution < -0.4 is 5.73 Å². The van der Waals surface area contributed by atoms with Crippen LogP contribution in [0.4, 0.5) is 0 Å². The Kier molecular flexibility index (Phi) is 4.21. The van der Waals surface area contributed by atoms with Crippen LogP contribution in [-0.2, 0) is 5.41 Å². The van der Waals surface area contributed by atoms with Crippen LogP contribution in [0.2, 0.25) is 0 Å². The minimum atomic E-state index is 0.0170. The second-order valence-corrected chi connectivity index (χ2v) is 6.12. The van der Waals surface area contributed by atoms with Crippen molar-refractivity contribution in [3.05, 3.63) is 22.7 Å². The van der Waals surface area contributed by atoms with Crippen molar-refractivity contribution in [3.63, 3.8) is 0 Å². The number of rotatable bonds is 4. The Labute approximate surface area is 102 Å². The summed E-state index contributed by atoms with van der Waals surface area (Å²) >= 11 is 1.42. The first-order valence-electron chi connectivity index (χ1n) is 5.55. The van der Waals surface area contributed by atoms with Gasteiger partial charge in [-0.05, 0) is 31.3 Å². The molecule has 1 aromatic heterocycles. The molecule has 0 saturated heterocycles. The van der Waals surface area contributed by atoms with Crippen molar-refractivity contribution < 1.29 is 0 Å². The van der Waals surface area contributed by atoms with E-state index in [1.54, 1.807) is 0 Å². The molecule has 2 N–H and O–H groups in total. The van der Waals surface area contributed by atoms with E-state index in [1.165, 1.54) is 17.1 Å². The molecule has 0 aliphatic carbocycles. The van der Waals surface area contributed by atoms with Crippen LogP contribution in [0, 0.1) is 0 Å². The van der Waals surface area contributed by atoms with Crippen molar-refractivity contribution in [2.45, 2.75) is 52.0 Å². The van der Waals surface area contributed by atoms with Crippen LogP contribution in [0.15, 0.2) is 12.2 Å². The number of hydrogen-bond acceptors (Lipinski definition) is 4. The van der Waals surface area contributed by atoms with E-state index in [0.29, 0.717) is 0 Å². The zero-order valence-electron chi connectivity index (χ0n) is 10.6. The lowest BCUT2D eigenvalue weighted by molar-refractivity contribution is 0.544. The van der Waals surface area contributed by atoms with E-state index >= 15 is 0 Å². The molecular formula is C12H21N3S. The van der Waals surface area contributed by atoms with Gasteiger partial charge in [-0.3, -0.25) is 0 Å². The van der Waals surface area contributed by atoms with Crippen molar-refractivity contribution in [1.29, 1.82) is 0 Å². The molecule has 0 aromatic carbocycles. The molecular weight excluding hydrogens is 218 g/mol. The van der Waals surface area contributed by atoms with Gasteiger partial charge in [0, 0.05) is 11.5 Å². The van der Waals surface area contributed by atoms with Crippen molar-refractivity contribution in [3.8, 4) is 0 Å². The van der Waals surface area contributed by atoms with Gasteiger partial charge in [-0.15, -0.1) is 11.7 Å². The Morgan fingerprint density at radius 1 is 1.50 bits per heavy atom. The van der Waals surface area contributed by atoms with Gasteiger partial charge in [0.2, 0.25) is 0 Å². The second kappa shape index (κ2) is 5.06. The highest BCUT2D eigenvalue weighted by Crippen LogP contribution is 2.31. The maximum Gasteiger partial charge on any atom is 0.0856 e. The monoisotopic (exact) mass is 239 g/mol. The summed E-state index contributed by atoms with van der Waals surface area (Å²) < 4.78 is 4.03. The molecule has 0 amide bonds. The van der Waals surface area contributed by atoms with Gasteiger partial charge in [0.05, 0.1) is 10.6 Å². The Hall–Kier alpha value is -0.740. The topological polar surface area (TPSA) is 51.8 Å². The molecule has 16 heavy (non-hydrogen) atoms. The first-order chi connectivity index (χ1) is 7.32. The maximum absolute atomic E-state index is 6.17. The summed E-state index contributed by atoms with van der Waals surface area (Å²) in [6.07, 6.45) is 1.88. The minimum absolute atomic E-state index is 0.0170. The third kappa shape index (κ3) is 3.39. The summed E-state index contributed by atoms with van der Waals surface area (Å²) in [5.74, 6) is 0. The fourth-order valence-corrected chi connectivity index (χ4v) is 2.39. The largest absolute Gasteiger partial charge is 0.323 e. The van der Waals surface area contributed by atoms with Crippen LogP contribution in [0.5, 0.6) is 0 Å². The molecule has 0 fully saturated rings. The van der Waals surface area contributed by atoms with Crippen LogP contribution in [-0.4, -0.2) is 9.59 Å². The number of allylic oxidation sites excluding steroid dienone is 1. The van der Waals surface area contributed by atoms with E-state index in [4.69, 9.17) is 5.73 Å². The molecule has 1 heterocycles. The van der Waals surface area contributed by atoms with Crippen molar-refractivity contribution in [1.82, 2.24) is 9.59 Å². The van der Waals surface area contributed by atoms with E-state index in [1.807, 2.05) is 6.92 Å². The van der Waals surface area contributed by atoms with E-state index in [0.717, 1.165) is 23.4 Å². The van der Waals surface area contributed by atoms with Crippen LogP contribution in [0.1, 0.15) is 57.1 Å². The number of nitrogens with two attached hydrogens (primary N) is 1. The van der Waals surface area contributed by atoms with Crippen molar-refractivity contribution in [2.24, 2.45) is 5.73 Å². The van der Waals surface area contributed by atoms with Gasteiger partial charge < -0.3 is 5.73 Å². The number of aromatic nitrogens is 2. The Morgan fingerprint density at radius 2 is 2.12 bits per heavy atom. The standard InChI is InChI=1S/C12H21N3S/c1-8(2)6-7-9(13)10-11(12(3,4)5)14-15-16-10/h9H,1,6-7,13H2,2-5H3. The molecule has 1 rings (SSSR count). The van der Waals surface area contributed by atoms with Gasteiger partial charge in [-0.1, -0.05) is 30.8 Å². The lowest BCUT2D eigenvalue weighted by Crippen LogP contribution is -2.19. The fraction of sp³-hybridized carbons (Fsp3) is 0.667. The molecule has 1 unspecified atom stereocenters. The molecule has 1 aromatic rings. The van der Waals surface area contributed by atoms with Gasteiger partial charge in [0.15, 0.2) is 0 Å². The summed E-state index contributed by atoms with van der Waals surface area (Å²) in [6, 6.07) is 0.0333. The Balaban J connectivity index is 2.80. The van der Waals surface area contributed by atoms with E-state index in [2.05, 4.69) is 36.9 Å². The highest BCUT2D eigenvalue weighted by atomic mass is 32.1. The first-order valence-corrected chi connectivity index (χ1v) is 6.32. The van der Waals surface area contributed by atoms with E-state index < -0.39 is 0 Å². The smallest absolute Gasteiger partial charge is 0.0856 e. The quantitative estimate of drug-likeness (QED) is 0.821. The molecule has 0 saturated carbocycles. The number of hydrogen-bond donors (Lipinski definition) is 1. The van der Waals surface area contributed by atoms with Gasteiger partial charge in [-0.2, -0.15) is 0 Å². The summed E-state index contributed by atoms with van der Waals surface area (Å²) in [5, 5.41) is 4.20. The molecule has 0 aliphatic heterocycles. The lowest BCUT2D eigenvalue weighted by atomic mass is 9.89. The summed E-state index contributed by atoms with van der Waals surface area (Å²) in [4.78, 5) is 1.12. The minimum Gasteiger partial charge on any atom is -0.323 e. The van der Waals surface area contributed by atoms with Crippen molar-refractivity contribution in [2.75, 3.05) is 0 Å². The third-order valence-electron chi connectivity index (χ3n) is 2.44. The van der Waals surface area contributed by atoms with Gasteiger partial charge in [-0.25, -0.2) is 0 Å². The fourth-order valence-electron chi connectivity index (χ4n) is 1.49. The Bertz CT molecular complexity index is 363. The highest BCUT2D eigenvalue weighted by molar-refractivity contribution is 7.05. The highest BCUT2D eigenvalue weighted by Gasteiger charge is 2.25. The zero-order chi connectivity index (χ0) is 12.3. The van der Waals surface area contributed by atoms with E-state index in [-0.39, 0.29) is 11.5 Å². The maximum atomic E-state index is 6.17. The molecule has 0 radical (unpaired) electrons. The second-order valence-electron chi connectivity index (χ2n) is 5.34. The molecule has 0 bridgehead atoms. The SMILES string of the molecule is C=C(C)CCC(N)c1snnc1C(C)(C)C. The van der Waals surface area contributed by atoms with E-state index in [9.17, 15) is 0 Å². The molecule has 0 aliphatic rings. The third-order valence-corrected chi connectivity index (χ3v) is 3.30. The van der Waals surface area contributed by atoms with Crippen LogP contribution in [0.3, 0.4) is 0 Å². The molecule has 4 heteroatoms. The first kappa shape index (κ1) is 13.3. The van der Waals surface area contributed by atoms with Gasteiger partial charge in [0.25, 0.3) is 0 Å². The molecule has 3 nitrogen and oxygen atoms in total. The lowest BCUT2D eigenvalue weighted by Gasteiger charge is -2.19. The van der Waals surface area contributed by atoms with Crippen molar-refractivity contribution >= 4 is 11.5 Å². The number of nitrogens with zero attached hydrogens (tertiary/aromatic N) is 2. The Morgan fingerprint density at radius 3 is 2.62 bits per heavy atom. The summed E-state index contributed by atoms with van der Waals surface area (Å²) in [6.45, 7) is 12.3. The molecule has 90 valence electrons. The summed E-state index contributed by atoms with van der Waals surface area (Å²) in [5.41, 5.74) is 8.40. The van der Waals surface area contributed by atoms with Gasteiger partial charge >= 0.3 is 0 Å². The molecule has 1 atom stereocenters. The normalized spacial score (nSPS) is 13.8. The molecule has 0 spiro atoms. The average molecular weight is 239 g/mol.